The van der Waals surface area contributed by atoms with E-state index in [0.717, 1.165) is 56.8 Å². The number of carbonyl (C=O) groups excluding carboxylic acids is 1. The minimum atomic E-state index is -0.0341. The van der Waals surface area contributed by atoms with Crippen molar-refractivity contribution in [2.24, 2.45) is 17.3 Å². The van der Waals surface area contributed by atoms with Crippen molar-refractivity contribution < 1.29 is 31.1 Å². The second-order valence-corrected chi connectivity index (χ2v) is 14.4. The van der Waals surface area contributed by atoms with E-state index in [1.54, 1.807) is 5.56 Å². The van der Waals surface area contributed by atoms with Crippen LogP contribution in [0.3, 0.4) is 0 Å². The van der Waals surface area contributed by atoms with E-state index in [4.69, 9.17) is 4.74 Å². The first-order valence-corrected chi connectivity index (χ1v) is 17.4. The normalized spacial score (nSPS) is 24.0. The van der Waals surface area contributed by atoms with Crippen LogP contribution in [-0.2, 0) is 23.5 Å². The lowest BCUT2D eigenvalue weighted by molar-refractivity contribution is -0.697. The zero-order chi connectivity index (χ0) is 28.9. The molecule has 1 heterocycles. The molecule has 43 heavy (non-hydrogen) atoms. The first-order valence-electron chi connectivity index (χ1n) is 16.5. The largest absolute Gasteiger partial charge is 1.00 e. The molecule has 5 heteroatoms. The molecule has 0 aliphatic heterocycles. The van der Waals surface area contributed by atoms with E-state index in [2.05, 4.69) is 85.4 Å². The summed E-state index contributed by atoms with van der Waals surface area (Å²) in [7, 11) is 0. The molecule has 4 atom stereocenters. The molecule has 230 valence electrons. The number of Topliss-reactive ketones (excluding diaryl/α,β-unsaturated/α-hetero) is 1. The Bertz CT molecular complexity index is 1360. The molecular weight excluding hydrogens is 614 g/mol. The molecule has 0 amide bonds. The van der Waals surface area contributed by atoms with Crippen LogP contribution >= 0.6 is 11.8 Å². The topological polar surface area (TPSA) is 30.2 Å². The van der Waals surface area contributed by atoms with Gasteiger partial charge in [0.25, 0.3) is 0 Å². The van der Waals surface area contributed by atoms with Gasteiger partial charge in [0.15, 0.2) is 12.4 Å². The number of ketones is 1. The van der Waals surface area contributed by atoms with Crippen molar-refractivity contribution in [3.63, 3.8) is 0 Å². The van der Waals surface area contributed by atoms with Crippen molar-refractivity contribution in [1.29, 1.82) is 0 Å². The number of carbonyl (C=O) groups is 1. The van der Waals surface area contributed by atoms with Gasteiger partial charge in [-0.3, -0.25) is 4.79 Å². The average molecular weight is 663 g/mol. The van der Waals surface area contributed by atoms with Crippen LogP contribution in [0, 0.1) is 24.2 Å². The number of hydrogen-bond acceptors (Lipinski definition) is 3. The summed E-state index contributed by atoms with van der Waals surface area (Å²) in [6.07, 6.45) is 17.1. The zero-order valence-corrected chi connectivity index (χ0v) is 28.4. The van der Waals surface area contributed by atoms with Crippen LogP contribution in [0.15, 0.2) is 71.9 Å². The highest BCUT2D eigenvalue weighted by Crippen LogP contribution is 2.59. The number of pyridine rings is 1. The Hall–Kier alpha value is -2.11. The van der Waals surface area contributed by atoms with Crippen LogP contribution in [0.2, 0.25) is 0 Å². The highest BCUT2D eigenvalue weighted by Gasteiger charge is 2.54. The predicted molar refractivity (Wildman–Crippen MR) is 172 cm³/mol. The predicted octanol–water partition coefficient (Wildman–Crippen LogP) is 6.03. The molecule has 1 aromatic heterocycles. The van der Waals surface area contributed by atoms with Gasteiger partial charge in [-0.2, -0.15) is 0 Å². The van der Waals surface area contributed by atoms with Gasteiger partial charge in [0.05, 0.1) is 6.61 Å². The van der Waals surface area contributed by atoms with E-state index in [-0.39, 0.29) is 22.4 Å². The summed E-state index contributed by atoms with van der Waals surface area (Å²) in [5.74, 6) is 4.54. The molecule has 0 bridgehead atoms. The van der Waals surface area contributed by atoms with E-state index >= 15 is 0 Å². The number of thioether (sulfide) groups is 1. The number of nitrogens with zero attached hydrogens (tertiary/aromatic N) is 1. The standard InChI is InChI=1S/C38H48NO2S.BrH/c1-28-8-10-29(11-9-28)27-42-32-19-23-39(24-20-32)22-6-4-3-5-7-25-41-31-13-15-33-30(26-31)12-14-35-34(33)18-21-38(2)36(35)16-17-37(38)40;/h8-11,13,15,19-20,23-24,26,34-36H,3-7,12,14,16-18,21-22,25,27H2,1-2H3;1H/q+1;/p-1/t34-,35-,36+,38+;/m1./s1. The summed E-state index contributed by atoms with van der Waals surface area (Å²) in [6, 6.07) is 20.2. The average Bonchev–Trinajstić information content (AvgIpc) is 3.32. The van der Waals surface area contributed by atoms with Crippen molar-refractivity contribution in [3.8, 4) is 5.75 Å². The van der Waals surface area contributed by atoms with E-state index in [9.17, 15) is 4.79 Å². The Morgan fingerprint density at radius 2 is 1.67 bits per heavy atom. The molecular formula is C38H48BrNO2S. The van der Waals surface area contributed by atoms with Crippen LogP contribution in [-0.4, -0.2) is 12.4 Å². The molecule has 0 saturated heterocycles. The van der Waals surface area contributed by atoms with Crippen LogP contribution in [0.5, 0.6) is 5.75 Å². The van der Waals surface area contributed by atoms with Crippen LogP contribution in [0.4, 0.5) is 0 Å². The Balaban J connectivity index is 0.00000368. The number of benzene rings is 2. The molecule has 3 nitrogen and oxygen atoms in total. The van der Waals surface area contributed by atoms with E-state index in [1.165, 1.54) is 60.1 Å². The maximum absolute atomic E-state index is 12.6. The fraction of sp³-hybridized carbons (Fsp3) is 0.526. The van der Waals surface area contributed by atoms with Crippen molar-refractivity contribution in [2.75, 3.05) is 6.61 Å². The number of fused-ring (bicyclic) bond motifs is 5. The second kappa shape index (κ2) is 14.8. The summed E-state index contributed by atoms with van der Waals surface area (Å²) in [4.78, 5) is 13.9. The summed E-state index contributed by atoms with van der Waals surface area (Å²) >= 11 is 1.90. The van der Waals surface area contributed by atoms with Crippen molar-refractivity contribution in [2.45, 2.75) is 108 Å². The van der Waals surface area contributed by atoms with Gasteiger partial charge >= 0.3 is 0 Å². The molecule has 0 N–H and O–H groups in total. The second-order valence-electron chi connectivity index (χ2n) is 13.4. The third-order valence-electron chi connectivity index (χ3n) is 10.6. The number of unbranched alkanes of at least 4 members (excludes halogenated alkanes) is 4. The molecule has 3 aliphatic rings. The molecule has 6 rings (SSSR count). The van der Waals surface area contributed by atoms with Gasteiger partial charge < -0.3 is 21.7 Å². The molecule has 2 fully saturated rings. The number of aryl methyl sites for hydroxylation is 3. The number of hydrogen-bond donors (Lipinski definition) is 0. The quantitative estimate of drug-likeness (QED) is 0.135. The van der Waals surface area contributed by atoms with Crippen molar-refractivity contribution in [1.82, 2.24) is 0 Å². The molecule has 0 radical (unpaired) electrons. The number of halogens is 1. The minimum Gasteiger partial charge on any atom is -1.00 e. The third kappa shape index (κ3) is 7.59. The number of ether oxygens (including phenoxy) is 1. The van der Waals surface area contributed by atoms with Crippen LogP contribution in [0.1, 0.15) is 99.3 Å². The van der Waals surface area contributed by atoms with E-state index in [1.807, 2.05) is 11.8 Å². The van der Waals surface area contributed by atoms with Gasteiger partial charge in [0, 0.05) is 41.0 Å². The lowest BCUT2D eigenvalue weighted by atomic mass is 9.55. The number of rotatable bonds is 12. The first kappa shape index (κ1) is 32.3. The maximum atomic E-state index is 12.6. The van der Waals surface area contributed by atoms with Gasteiger partial charge in [-0.1, -0.05) is 55.7 Å². The van der Waals surface area contributed by atoms with Crippen LogP contribution in [0.25, 0.3) is 0 Å². The summed E-state index contributed by atoms with van der Waals surface area (Å²) < 4.78 is 8.51. The number of aromatic nitrogens is 1. The lowest BCUT2D eigenvalue weighted by Gasteiger charge is -2.48. The SMILES string of the molecule is Cc1ccc(CSc2cc[n+](CCCCCCCOc3ccc4c(c3)CC[C@@H]3[C@@H]4CC[C@]4(C)C(=O)CC[C@@H]34)cc2)cc1.[Br-]. The summed E-state index contributed by atoms with van der Waals surface area (Å²) in [5.41, 5.74) is 5.71. The molecule has 0 unspecified atom stereocenters. The summed E-state index contributed by atoms with van der Waals surface area (Å²) in [6.45, 7) is 6.30. The lowest BCUT2D eigenvalue weighted by Crippen LogP contribution is -3.00. The Kier molecular flexibility index (Phi) is 11.1. The Labute approximate surface area is 274 Å². The van der Waals surface area contributed by atoms with Crippen LogP contribution < -0.4 is 26.3 Å². The maximum Gasteiger partial charge on any atom is 0.169 e. The molecule has 0 spiro atoms. The zero-order valence-electron chi connectivity index (χ0n) is 26.0. The van der Waals surface area contributed by atoms with Crippen molar-refractivity contribution >= 4 is 17.5 Å². The highest BCUT2D eigenvalue weighted by atomic mass is 79.9. The fourth-order valence-electron chi connectivity index (χ4n) is 8.08. The third-order valence-corrected chi connectivity index (χ3v) is 11.7. The van der Waals surface area contributed by atoms with Gasteiger partial charge in [0.2, 0.25) is 0 Å². The molecule has 3 aromatic rings. The van der Waals surface area contributed by atoms with Gasteiger partial charge in [-0.25, -0.2) is 4.57 Å². The molecule has 2 aromatic carbocycles. The first-order chi connectivity index (χ1) is 20.5. The minimum absolute atomic E-state index is 0. The summed E-state index contributed by atoms with van der Waals surface area (Å²) in [5, 5.41) is 0. The van der Waals surface area contributed by atoms with Crippen molar-refractivity contribution in [3.05, 3.63) is 89.2 Å². The monoisotopic (exact) mass is 661 g/mol. The van der Waals surface area contributed by atoms with Gasteiger partial charge in [-0.05, 0) is 98.4 Å². The fourth-order valence-corrected chi connectivity index (χ4v) is 8.92. The molecule has 3 aliphatic carbocycles. The smallest absolute Gasteiger partial charge is 0.169 e. The Morgan fingerprint density at radius 3 is 2.49 bits per heavy atom. The van der Waals surface area contributed by atoms with Gasteiger partial charge in [-0.15, -0.1) is 11.8 Å². The van der Waals surface area contributed by atoms with E-state index in [0.29, 0.717) is 23.5 Å². The highest BCUT2D eigenvalue weighted by molar-refractivity contribution is 7.98. The Morgan fingerprint density at radius 1 is 0.907 bits per heavy atom. The van der Waals surface area contributed by atoms with E-state index < -0.39 is 0 Å². The molecule has 2 saturated carbocycles. The van der Waals surface area contributed by atoms with Gasteiger partial charge in [0.1, 0.15) is 18.1 Å².